The molecule has 3 rings (SSSR count). The molecule has 1 atom stereocenters. The Kier molecular flexibility index (Phi) is 6.40. The lowest BCUT2D eigenvalue weighted by Gasteiger charge is -2.35. The van der Waals surface area contributed by atoms with E-state index in [1.807, 2.05) is 36.0 Å². The van der Waals surface area contributed by atoms with Crippen LogP contribution in [0.1, 0.15) is 16.8 Å². The standard InChI is InChI=1S/C18H26N2O3S/c1-22-17-5-3-15(4-6-17)18(21)20-7-2-12-24-14-16(20)13-19-8-10-23-11-9-19/h3-6,16H,2,7-14H2,1H3. The van der Waals surface area contributed by atoms with Gasteiger partial charge < -0.3 is 14.4 Å². The van der Waals surface area contributed by atoms with Gasteiger partial charge in [0.15, 0.2) is 0 Å². The molecule has 1 aromatic carbocycles. The number of amides is 1. The van der Waals surface area contributed by atoms with Crippen LogP contribution < -0.4 is 4.74 Å². The van der Waals surface area contributed by atoms with Gasteiger partial charge in [-0.25, -0.2) is 0 Å². The van der Waals surface area contributed by atoms with Crippen molar-refractivity contribution < 1.29 is 14.3 Å². The number of ether oxygens (including phenoxy) is 2. The Hall–Kier alpha value is -1.24. The minimum atomic E-state index is 0.137. The summed E-state index contributed by atoms with van der Waals surface area (Å²) in [5, 5.41) is 0. The Morgan fingerprint density at radius 2 is 2.00 bits per heavy atom. The Balaban J connectivity index is 1.71. The van der Waals surface area contributed by atoms with Gasteiger partial charge >= 0.3 is 0 Å². The number of morpholine rings is 1. The molecule has 0 spiro atoms. The van der Waals surface area contributed by atoms with Crippen LogP contribution in [-0.4, -0.2) is 79.8 Å². The van der Waals surface area contributed by atoms with Crippen molar-refractivity contribution in [3.05, 3.63) is 29.8 Å². The molecule has 0 N–H and O–H groups in total. The lowest BCUT2D eigenvalue weighted by molar-refractivity contribution is 0.0245. The van der Waals surface area contributed by atoms with Crippen molar-refractivity contribution in [1.82, 2.24) is 9.80 Å². The Morgan fingerprint density at radius 1 is 1.25 bits per heavy atom. The third kappa shape index (κ3) is 4.43. The fraction of sp³-hybridized carbons (Fsp3) is 0.611. The summed E-state index contributed by atoms with van der Waals surface area (Å²) in [5.74, 6) is 3.06. The highest BCUT2D eigenvalue weighted by Crippen LogP contribution is 2.21. The molecular formula is C18H26N2O3S. The van der Waals surface area contributed by atoms with Gasteiger partial charge in [0.25, 0.3) is 5.91 Å². The fourth-order valence-electron chi connectivity index (χ4n) is 3.23. The Morgan fingerprint density at radius 3 is 2.71 bits per heavy atom. The van der Waals surface area contributed by atoms with Gasteiger partial charge in [-0.3, -0.25) is 9.69 Å². The van der Waals surface area contributed by atoms with Gasteiger partial charge in [0.1, 0.15) is 5.75 Å². The molecular weight excluding hydrogens is 324 g/mol. The number of benzene rings is 1. The molecule has 6 heteroatoms. The van der Waals surface area contributed by atoms with E-state index in [0.717, 1.165) is 68.6 Å². The van der Waals surface area contributed by atoms with Crippen molar-refractivity contribution in [2.45, 2.75) is 12.5 Å². The lowest BCUT2D eigenvalue weighted by Crippen LogP contribution is -2.50. The van der Waals surface area contributed by atoms with Crippen LogP contribution in [0, 0.1) is 0 Å². The third-order valence-corrected chi connectivity index (χ3v) is 5.81. The van der Waals surface area contributed by atoms with Crippen molar-refractivity contribution >= 4 is 17.7 Å². The quantitative estimate of drug-likeness (QED) is 0.831. The molecule has 2 aliphatic heterocycles. The monoisotopic (exact) mass is 350 g/mol. The molecule has 2 saturated heterocycles. The second kappa shape index (κ2) is 8.74. The topological polar surface area (TPSA) is 42.0 Å². The summed E-state index contributed by atoms with van der Waals surface area (Å²) in [7, 11) is 1.64. The van der Waals surface area contributed by atoms with Crippen LogP contribution in [0.25, 0.3) is 0 Å². The van der Waals surface area contributed by atoms with Crippen LogP contribution in [-0.2, 0) is 4.74 Å². The lowest BCUT2D eigenvalue weighted by atomic mass is 10.1. The first-order chi connectivity index (χ1) is 11.8. The van der Waals surface area contributed by atoms with Crippen LogP contribution >= 0.6 is 11.8 Å². The van der Waals surface area contributed by atoms with Crippen molar-refractivity contribution in [2.75, 3.05) is 58.0 Å². The zero-order valence-electron chi connectivity index (χ0n) is 14.3. The van der Waals surface area contributed by atoms with E-state index in [9.17, 15) is 4.79 Å². The summed E-state index contributed by atoms with van der Waals surface area (Å²) >= 11 is 1.96. The number of hydrogen-bond donors (Lipinski definition) is 0. The van der Waals surface area contributed by atoms with Gasteiger partial charge in [-0.1, -0.05) is 0 Å². The van der Waals surface area contributed by atoms with Gasteiger partial charge in [0.05, 0.1) is 26.4 Å². The predicted molar refractivity (Wildman–Crippen MR) is 97.0 cm³/mol. The predicted octanol–water partition coefficient (Wildman–Crippen LogP) is 1.98. The van der Waals surface area contributed by atoms with Gasteiger partial charge in [0, 0.05) is 37.5 Å². The molecule has 1 unspecified atom stereocenters. The second-order valence-electron chi connectivity index (χ2n) is 6.22. The summed E-state index contributed by atoms with van der Waals surface area (Å²) in [5.41, 5.74) is 0.745. The third-order valence-electron chi connectivity index (χ3n) is 4.61. The first-order valence-electron chi connectivity index (χ1n) is 8.61. The first-order valence-corrected chi connectivity index (χ1v) is 9.76. The molecule has 0 saturated carbocycles. The van der Waals surface area contributed by atoms with Gasteiger partial charge in [-0.05, 0) is 36.4 Å². The van der Waals surface area contributed by atoms with E-state index in [4.69, 9.17) is 9.47 Å². The average molecular weight is 350 g/mol. The van der Waals surface area contributed by atoms with E-state index in [1.54, 1.807) is 7.11 Å². The summed E-state index contributed by atoms with van der Waals surface area (Å²) in [6, 6.07) is 7.72. The second-order valence-corrected chi connectivity index (χ2v) is 7.37. The number of thioether (sulfide) groups is 1. The van der Waals surface area contributed by atoms with Gasteiger partial charge in [-0.2, -0.15) is 11.8 Å². The Labute approximate surface area is 148 Å². The molecule has 132 valence electrons. The highest BCUT2D eigenvalue weighted by atomic mass is 32.2. The largest absolute Gasteiger partial charge is 0.497 e. The van der Waals surface area contributed by atoms with Gasteiger partial charge in [0.2, 0.25) is 0 Å². The van der Waals surface area contributed by atoms with Crippen LogP contribution in [0.4, 0.5) is 0 Å². The van der Waals surface area contributed by atoms with Crippen molar-refractivity contribution in [3.8, 4) is 5.75 Å². The molecule has 0 aromatic heterocycles. The average Bonchev–Trinajstić information content (AvgIpc) is 2.87. The highest BCUT2D eigenvalue weighted by molar-refractivity contribution is 7.99. The van der Waals surface area contributed by atoms with Crippen LogP contribution in [0.2, 0.25) is 0 Å². The fourth-order valence-corrected chi connectivity index (χ4v) is 4.29. The first kappa shape index (κ1) is 17.6. The summed E-state index contributed by atoms with van der Waals surface area (Å²) < 4.78 is 10.6. The maximum Gasteiger partial charge on any atom is 0.254 e. The molecule has 5 nitrogen and oxygen atoms in total. The van der Waals surface area contributed by atoms with E-state index in [0.29, 0.717) is 0 Å². The van der Waals surface area contributed by atoms with Crippen LogP contribution in [0.3, 0.4) is 0 Å². The minimum absolute atomic E-state index is 0.137. The normalized spacial score (nSPS) is 22.9. The number of methoxy groups -OCH3 is 1. The number of rotatable bonds is 4. The van der Waals surface area contributed by atoms with Gasteiger partial charge in [-0.15, -0.1) is 0 Å². The van der Waals surface area contributed by atoms with Crippen molar-refractivity contribution in [3.63, 3.8) is 0 Å². The molecule has 1 aromatic rings. The SMILES string of the molecule is COc1ccc(C(=O)N2CCCSCC2CN2CCOCC2)cc1. The number of carbonyl (C=O) groups is 1. The molecule has 24 heavy (non-hydrogen) atoms. The molecule has 0 radical (unpaired) electrons. The number of carbonyl (C=O) groups excluding carboxylic acids is 1. The summed E-state index contributed by atoms with van der Waals surface area (Å²) in [4.78, 5) is 17.5. The number of hydrogen-bond acceptors (Lipinski definition) is 5. The number of nitrogens with zero attached hydrogens (tertiary/aromatic N) is 2. The van der Waals surface area contributed by atoms with E-state index >= 15 is 0 Å². The van der Waals surface area contributed by atoms with Crippen LogP contribution in [0.15, 0.2) is 24.3 Å². The van der Waals surface area contributed by atoms with E-state index in [2.05, 4.69) is 9.80 Å². The maximum atomic E-state index is 13.0. The zero-order valence-corrected chi connectivity index (χ0v) is 15.1. The van der Waals surface area contributed by atoms with E-state index < -0.39 is 0 Å². The zero-order chi connectivity index (χ0) is 16.8. The maximum absolute atomic E-state index is 13.0. The molecule has 0 bridgehead atoms. The summed E-state index contributed by atoms with van der Waals surface area (Å²) in [6.45, 7) is 5.31. The smallest absolute Gasteiger partial charge is 0.254 e. The molecule has 2 fully saturated rings. The van der Waals surface area contributed by atoms with Crippen molar-refractivity contribution in [2.24, 2.45) is 0 Å². The molecule has 2 heterocycles. The molecule has 0 aliphatic carbocycles. The summed E-state index contributed by atoms with van der Waals surface area (Å²) in [6.07, 6.45) is 1.06. The minimum Gasteiger partial charge on any atom is -0.497 e. The highest BCUT2D eigenvalue weighted by Gasteiger charge is 2.28. The molecule has 1 amide bonds. The Bertz CT molecular complexity index is 532. The molecule has 2 aliphatic rings. The van der Waals surface area contributed by atoms with Crippen LogP contribution in [0.5, 0.6) is 5.75 Å². The van der Waals surface area contributed by atoms with Crippen molar-refractivity contribution in [1.29, 1.82) is 0 Å². The van der Waals surface area contributed by atoms with E-state index in [-0.39, 0.29) is 11.9 Å². The van der Waals surface area contributed by atoms with E-state index in [1.165, 1.54) is 0 Å².